The number of hydrogen-bond donors (Lipinski definition) is 1. The van der Waals surface area contributed by atoms with Gasteiger partial charge in [0.15, 0.2) is 11.5 Å². The van der Waals surface area contributed by atoms with E-state index in [-0.39, 0.29) is 4.90 Å². The van der Waals surface area contributed by atoms with Crippen molar-refractivity contribution >= 4 is 15.9 Å². The number of primary amides is 1. The average Bonchev–Trinajstić information content (AvgIpc) is 2.87. The summed E-state index contributed by atoms with van der Waals surface area (Å²) in [4.78, 5) is 11.5. The lowest BCUT2D eigenvalue weighted by molar-refractivity contribution is -0.121. The smallest absolute Gasteiger partial charge is 0.243 e. The Balaban J connectivity index is 1.95. The van der Waals surface area contributed by atoms with Crippen LogP contribution in [0.5, 0.6) is 11.5 Å². The average molecular weight is 326 g/mol. The van der Waals surface area contributed by atoms with Crippen LogP contribution in [0.15, 0.2) is 23.1 Å². The van der Waals surface area contributed by atoms with Crippen LogP contribution in [0.25, 0.3) is 0 Å². The fourth-order valence-corrected chi connectivity index (χ4v) is 4.43. The summed E-state index contributed by atoms with van der Waals surface area (Å²) < 4.78 is 37.7. The minimum Gasteiger partial charge on any atom is -0.490 e. The van der Waals surface area contributed by atoms with Gasteiger partial charge in [-0.05, 0) is 25.0 Å². The molecule has 3 rings (SSSR count). The first-order chi connectivity index (χ1) is 10.5. The first kappa shape index (κ1) is 15.1. The zero-order chi connectivity index (χ0) is 15.7. The molecule has 22 heavy (non-hydrogen) atoms. The number of benzene rings is 1. The van der Waals surface area contributed by atoms with E-state index >= 15 is 0 Å². The van der Waals surface area contributed by atoms with Crippen LogP contribution in [-0.2, 0) is 14.8 Å². The minimum atomic E-state index is -3.78. The van der Waals surface area contributed by atoms with Crippen LogP contribution in [-0.4, -0.2) is 44.4 Å². The molecule has 0 unspecified atom stereocenters. The van der Waals surface area contributed by atoms with Crippen LogP contribution >= 0.6 is 0 Å². The standard InChI is InChI=1S/C14H18N2O5S/c15-14(17)11-3-1-6-16(11)22(18,19)10-4-5-12-13(9-10)21-8-2-7-20-12/h4-5,9,11H,1-3,6-8H2,(H2,15,17)/t11-/m0/s1. The maximum atomic E-state index is 12.7. The Kier molecular flexibility index (Phi) is 3.96. The summed E-state index contributed by atoms with van der Waals surface area (Å²) in [7, 11) is -3.78. The molecule has 0 aliphatic carbocycles. The van der Waals surface area contributed by atoms with E-state index in [4.69, 9.17) is 15.2 Å². The normalized spacial score (nSPS) is 22.3. The molecule has 8 heteroatoms. The molecule has 120 valence electrons. The number of ether oxygens (including phenoxy) is 2. The highest BCUT2D eigenvalue weighted by molar-refractivity contribution is 7.89. The number of sulfonamides is 1. The minimum absolute atomic E-state index is 0.0879. The molecule has 2 heterocycles. The Morgan fingerprint density at radius 1 is 1.18 bits per heavy atom. The second kappa shape index (κ2) is 5.77. The van der Waals surface area contributed by atoms with Gasteiger partial charge in [-0.15, -0.1) is 0 Å². The third-order valence-corrected chi connectivity index (χ3v) is 5.76. The van der Waals surface area contributed by atoms with Crippen molar-refractivity contribution in [2.45, 2.75) is 30.2 Å². The predicted molar refractivity (Wildman–Crippen MR) is 78.2 cm³/mol. The molecule has 1 aromatic carbocycles. The van der Waals surface area contributed by atoms with E-state index < -0.39 is 22.0 Å². The zero-order valence-corrected chi connectivity index (χ0v) is 12.8. The van der Waals surface area contributed by atoms with Crippen molar-refractivity contribution in [3.8, 4) is 11.5 Å². The third-order valence-electron chi connectivity index (χ3n) is 3.86. The number of amides is 1. The summed E-state index contributed by atoms with van der Waals surface area (Å²) in [6, 6.07) is 3.73. The fourth-order valence-electron chi connectivity index (χ4n) is 2.75. The Bertz CT molecular complexity index is 688. The molecular weight excluding hydrogens is 308 g/mol. The third kappa shape index (κ3) is 2.64. The van der Waals surface area contributed by atoms with E-state index in [0.717, 1.165) is 6.42 Å². The number of nitrogens with two attached hydrogens (primary N) is 1. The molecule has 2 N–H and O–H groups in total. The van der Waals surface area contributed by atoms with Gasteiger partial charge >= 0.3 is 0 Å². The zero-order valence-electron chi connectivity index (χ0n) is 12.0. The van der Waals surface area contributed by atoms with Gasteiger partial charge < -0.3 is 15.2 Å². The van der Waals surface area contributed by atoms with Crippen LogP contribution in [0.3, 0.4) is 0 Å². The van der Waals surface area contributed by atoms with E-state index in [2.05, 4.69) is 0 Å². The number of carbonyl (C=O) groups is 1. The molecule has 0 radical (unpaired) electrons. The van der Waals surface area contributed by atoms with Gasteiger partial charge in [0.05, 0.1) is 18.1 Å². The SMILES string of the molecule is NC(=O)[C@@H]1CCCN1S(=O)(=O)c1ccc2c(c1)OCCCO2. The fraction of sp³-hybridized carbons (Fsp3) is 0.500. The highest BCUT2D eigenvalue weighted by atomic mass is 32.2. The molecule has 7 nitrogen and oxygen atoms in total. The summed E-state index contributed by atoms with van der Waals surface area (Å²) in [5, 5.41) is 0. The summed E-state index contributed by atoms with van der Waals surface area (Å²) in [5.74, 6) is 0.327. The summed E-state index contributed by atoms with van der Waals surface area (Å²) in [6.45, 7) is 1.31. The quantitative estimate of drug-likeness (QED) is 0.871. The van der Waals surface area contributed by atoms with Gasteiger partial charge in [-0.1, -0.05) is 0 Å². The lowest BCUT2D eigenvalue weighted by Gasteiger charge is -2.22. The lowest BCUT2D eigenvalue weighted by atomic mass is 10.2. The molecule has 2 aliphatic heterocycles. The number of nitrogens with zero attached hydrogens (tertiary/aromatic N) is 1. The van der Waals surface area contributed by atoms with Crippen molar-refractivity contribution in [1.82, 2.24) is 4.31 Å². The predicted octanol–water partition coefficient (Wildman–Crippen LogP) is 0.486. The molecule has 0 spiro atoms. The van der Waals surface area contributed by atoms with E-state index in [1.165, 1.54) is 16.4 Å². The number of carbonyl (C=O) groups excluding carboxylic acids is 1. The number of rotatable bonds is 3. The van der Waals surface area contributed by atoms with Crippen LogP contribution in [0.2, 0.25) is 0 Å². The highest BCUT2D eigenvalue weighted by Gasteiger charge is 2.38. The Morgan fingerprint density at radius 2 is 1.91 bits per heavy atom. The van der Waals surface area contributed by atoms with Gasteiger partial charge in [-0.3, -0.25) is 4.79 Å². The monoisotopic (exact) mass is 326 g/mol. The van der Waals surface area contributed by atoms with Gasteiger partial charge in [0.2, 0.25) is 15.9 Å². The van der Waals surface area contributed by atoms with Gasteiger partial charge in [0.1, 0.15) is 6.04 Å². The molecule has 1 amide bonds. The van der Waals surface area contributed by atoms with E-state index in [1.54, 1.807) is 6.07 Å². The van der Waals surface area contributed by atoms with E-state index in [9.17, 15) is 13.2 Å². The van der Waals surface area contributed by atoms with Crippen LogP contribution < -0.4 is 15.2 Å². The van der Waals surface area contributed by atoms with E-state index in [1.807, 2.05) is 0 Å². The Hall–Kier alpha value is -1.80. The molecular formula is C14H18N2O5S. The maximum absolute atomic E-state index is 12.7. The van der Waals surface area contributed by atoms with Crippen molar-refractivity contribution in [2.24, 2.45) is 5.73 Å². The van der Waals surface area contributed by atoms with Gasteiger partial charge in [0.25, 0.3) is 0 Å². The Morgan fingerprint density at radius 3 is 2.64 bits per heavy atom. The molecule has 1 saturated heterocycles. The first-order valence-electron chi connectivity index (χ1n) is 7.21. The van der Waals surface area contributed by atoms with Gasteiger partial charge in [-0.2, -0.15) is 4.31 Å². The van der Waals surface area contributed by atoms with Crippen molar-refractivity contribution in [3.05, 3.63) is 18.2 Å². The molecule has 2 aliphatic rings. The first-order valence-corrected chi connectivity index (χ1v) is 8.65. The number of hydrogen-bond acceptors (Lipinski definition) is 5. The number of fused-ring (bicyclic) bond motifs is 1. The van der Waals surface area contributed by atoms with Crippen molar-refractivity contribution in [2.75, 3.05) is 19.8 Å². The largest absolute Gasteiger partial charge is 0.490 e. The highest BCUT2D eigenvalue weighted by Crippen LogP contribution is 2.34. The summed E-state index contributed by atoms with van der Waals surface area (Å²) in [6.07, 6.45) is 1.82. The molecule has 1 fully saturated rings. The topological polar surface area (TPSA) is 98.9 Å². The maximum Gasteiger partial charge on any atom is 0.243 e. The second-order valence-electron chi connectivity index (χ2n) is 5.34. The Labute approximate surface area is 129 Å². The second-order valence-corrected chi connectivity index (χ2v) is 7.23. The van der Waals surface area contributed by atoms with Crippen LogP contribution in [0, 0.1) is 0 Å². The summed E-state index contributed by atoms with van der Waals surface area (Å²) in [5.41, 5.74) is 5.30. The molecule has 0 aromatic heterocycles. The summed E-state index contributed by atoms with van der Waals surface area (Å²) >= 11 is 0. The molecule has 1 atom stereocenters. The van der Waals surface area contributed by atoms with Gasteiger partial charge in [-0.25, -0.2) is 8.42 Å². The van der Waals surface area contributed by atoms with E-state index in [0.29, 0.717) is 44.1 Å². The van der Waals surface area contributed by atoms with Crippen LogP contribution in [0.4, 0.5) is 0 Å². The molecule has 0 bridgehead atoms. The van der Waals surface area contributed by atoms with Crippen molar-refractivity contribution in [3.63, 3.8) is 0 Å². The molecule has 1 aromatic rings. The van der Waals surface area contributed by atoms with Crippen molar-refractivity contribution in [1.29, 1.82) is 0 Å². The molecule has 0 saturated carbocycles. The van der Waals surface area contributed by atoms with Crippen LogP contribution in [0.1, 0.15) is 19.3 Å². The van der Waals surface area contributed by atoms with Gasteiger partial charge in [0, 0.05) is 19.0 Å². The van der Waals surface area contributed by atoms with Crippen molar-refractivity contribution < 1.29 is 22.7 Å². The lowest BCUT2D eigenvalue weighted by Crippen LogP contribution is -2.43.